The third-order valence-electron chi connectivity index (χ3n) is 4.62. The molecule has 1 fully saturated rings. The monoisotopic (exact) mass is 367 g/mol. The fourth-order valence-electron chi connectivity index (χ4n) is 3.31. The van der Waals surface area contributed by atoms with Crippen LogP contribution in [0.15, 0.2) is 54.6 Å². The van der Waals surface area contributed by atoms with Crippen LogP contribution in [0, 0.1) is 0 Å². The number of nitrogens with one attached hydrogen (secondary N) is 1. The van der Waals surface area contributed by atoms with Gasteiger partial charge in [0.1, 0.15) is 5.75 Å². The van der Waals surface area contributed by atoms with E-state index >= 15 is 0 Å². The summed E-state index contributed by atoms with van der Waals surface area (Å²) in [6.45, 7) is 7.87. The quantitative estimate of drug-likeness (QED) is 0.872. The lowest BCUT2D eigenvalue weighted by Gasteiger charge is -2.24. The average molecular weight is 367 g/mol. The Morgan fingerprint density at radius 1 is 1.04 bits per heavy atom. The van der Waals surface area contributed by atoms with Crippen LogP contribution in [0.5, 0.6) is 5.75 Å². The topological polar surface area (TPSA) is 44.8 Å². The van der Waals surface area contributed by atoms with Crippen molar-refractivity contribution in [2.45, 2.75) is 32.9 Å². The summed E-state index contributed by atoms with van der Waals surface area (Å²) in [5, 5.41) is 3.04. The molecule has 0 bridgehead atoms. The normalized spacial score (nSPS) is 14.8. The number of amides is 2. The van der Waals surface area contributed by atoms with Gasteiger partial charge in [-0.1, -0.05) is 30.3 Å². The van der Waals surface area contributed by atoms with Gasteiger partial charge >= 0.3 is 6.03 Å². The molecule has 0 radical (unpaired) electrons. The van der Waals surface area contributed by atoms with E-state index in [1.807, 2.05) is 49.1 Å². The molecule has 27 heavy (non-hydrogen) atoms. The summed E-state index contributed by atoms with van der Waals surface area (Å²) in [5.74, 6) is 0.838. The van der Waals surface area contributed by atoms with Crippen LogP contribution in [0.3, 0.4) is 0 Å². The Morgan fingerprint density at radius 2 is 1.85 bits per heavy atom. The number of anilines is 1. The minimum atomic E-state index is 0.0000858. The summed E-state index contributed by atoms with van der Waals surface area (Å²) >= 11 is 0. The average Bonchev–Trinajstić information content (AvgIpc) is 2.93. The number of ether oxygens (including phenoxy) is 1. The van der Waals surface area contributed by atoms with Crippen LogP contribution in [0.1, 0.15) is 25.8 Å². The zero-order chi connectivity index (χ0) is 19.1. The second-order valence-corrected chi connectivity index (χ2v) is 7.14. The van der Waals surface area contributed by atoms with Gasteiger partial charge in [0, 0.05) is 38.4 Å². The van der Waals surface area contributed by atoms with Gasteiger partial charge in [0.15, 0.2) is 0 Å². The van der Waals surface area contributed by atoms with E-state index < -0.39 is 0 Å². The van der Waals surface area contributed by atoms with Crippen LogP contribution in [0.4, 0.5) is 10.5 Å². The smallest absolute Gasteiger partial charge is 0.317 e. The van der Waals surface area contributed by atoms with Crippen LogP contribution in [0.25, 0.3) is 0 Å². The Bertz CT molecular complexity index is 733. The van der Waals surface area contributed by atoms with Crippen molar-refractivity contribution in [3.05, 3.63) is 60.2 Å². The molecule has 0 spiro atoms. The molecule has 1 aliphatic heterocycles. The van der Waals surface area contributed by atoms with Crippen LogP contribution in [-0.4, -0.2) is 43.2 Å². The molecule has 5 nitrogen and oxygen atoms in total. The van der Waals surface area contributed by atoms with E-state index in [-0.39, 0.29) is 12.1 Å². The number of nitrogens with zero attached hydrogens (tertiary/aromatic N) is 2. The number of carbonyl (C=O) groups is 1. The molecule has 0 aliphatic carbocycles. The van der Waals surface area contributed by atoms with Crippen LogP contribution in [-0.2, 0) is 6.54 Å². The van der Waals surface area contributed by atoms with Gasteiger partial charge in [-0.25, -0.2) is 4.79 Å². The number of hydrogen-bond acceptors (Lipinski definition) is 3. The molecule has 3 rings (SSSR count). The van der Waals surface area contributed by atoms with Gasteiger partial charge in [0.25, 0.3) is 0 Å². The van der Waals surface area contributed by atoms with E-state index in [0.29, 0.717) is 6.54 Å². The summed E-state index contributed by atoms with van der Waals surface area (Å²) in [7, 11) is 0. The van der Waals surface area contributed by atoms with Crippen molar-refractivity contribution in [3.63, 3.8) is 0 Å². The number of carbonyl (C=O) groups excluding carboxylic acids is 1. The summed E-state index contributed by atoms with van der Waals surface area (Å²) < 4.78 is 5.72. The zero-order valence-corrected chi connectivity index (χ0v) is 16.2. The van der Waals surface area contributed by atoms with Crippen molar-refractivity contribution in [2.24, 2.45) is 0 Å². The molecule has 2 amide bonds. The molecule has 2 aromatic carbocycles. The highest BCUT2D eigenvalue weighted by atomic mass is 16.5. The molecule has 0 unspecified atom stereocenters. The molecule has 1 N–H and O–H groups in total. The summed E-state index contributed by atoms with van der Waals surface area (Å²) in [6, 6.07) is 18.3. The van der Waals surface area contributed by atoms with Gasteiger partial charge in [-0.3, -0.25) is 0 Å². The molecule has 2 aromatic rings. The number of benzene rings is 2. The largest absolute Gasteiger partial charge is 0.491 e. The predicted octanol–water partition coefficient (Wildman–Crippen LogP) is 3.90. The number of rotatable bonds is 5. The fourth-order valence-corrected chi connectivity index (χ4v) is 3.31. The second kappa shape index (κ2) is 9.31. The van der Waals surface area contributed by atoms with E-state index in [1.54, 1.807) is 0 Å². The first-order valence-corrected chi connectivity index (χ1v) is 9.70. The van der Waals surface area contributed by atoms with Crippen molar-refractivity contribution in [1.29, 1.82) is 0 Å². The van der Waals surface area contributed by atoms with Crippen molar-refractivity contribution >= 4 is 11.7 Å². The van der Waals surface area contributed by atoms with Gasteiger partial charge in [-0.2, -0.15) is 0 Å². The lowest BCUT2D eigenvalue weighted by molar-refractivity contribution is 0.201. The molecule has 1 saturated heterocycles. The van der Waals surface area contributed by atoms with Crippen molar-refractivity contribution in [3.8, 4) is 5.75 Å². The molecule has 0 saturated carbocycles. The maximum absolute atomic E-state index is 12.6. The van der Waals surface area contributed by atoms with Gasteiger partial charge in [-0.15, -0.1) is 0 Å². The first-order valence-electron chi connectivity index (χ1n) is 9.70. The molecule has 144 valence electrons. The van der Waals surface area contributed by atoms with Gasteiger partial charge < -0.3 is 19.9 Å². The Labute approximate surface area is 161 Å². The molecule has 5 heteroatoms. The van der Waals surface area contributed by atoms with E-state index in [1.165, 1.54) is 5.69 Å². The molecular formula is C22H29N3O2. The lowest BCUT2D eigenvalue weighted by Crippen LogP contribution is -2.41. The van der Waals surface area contributed by atoms with Crippen molar-refractivity contribution in [1.82, 2.24) is 10.2 Å². The molecule has 1 aliphatic rings. The Balaban J connectivity index is 1.51. The van der Waals surface area contributed by atoms with Gasteiger partial charge in [0.05, 0.1) is 6.10 Å². The maximum Gasteiger partial charge on any atom is 0.317 e. The summed E-state index contributed by atoms with van der Waals surface area (Å²) in [5.41, 5.74) is 2.27. The summed E-state index contributed by atoms with van der Waals surface area (Å²) in [4.78, 5) is 16.9. The standard InChI is InChI=1S/C22H29N3O2/c1-18(2)27-21-11-6-8-19(16-21)17-23-22(26)25-13-7-12-24(14-15-25)20-9-4-3-5-10-20/h3-6,8-11,16,18H,7,12-15,17H2,1-2H3,(H,23,26). The van der Waals surface area contributed by atoms with Gasteiger partial charge in [-0.05, 0) is 50.1 Å². The molecule has 1 heterocycles. The highest BCUT2D eigenvalue weighted by molar-refractivity contribution is 5.74. The lowest BCUT2D eigenvalue weighted by atomic mass is 10.2. The van der Waals surface area contributed by atoms with E-state index in [4.69, 9.17) is 4.74 Å². The third-order valence-corrected chi connectivity index (χ3v) is 4.62. The van der Waals surface area contributed by atoms with Crippen molar-refractivity contribution < 1.29 is 9.53 Å². The van der Waals surface area contributed by atoms with E-state index in [0.717, 1.165) is 43.9 Å². The van der Waals surface area contributed by atoms with E-state index in [9.17, 15) is 4.79 Å². The highest BCUT2D eigenvalue weighted by Gasteiger charge is 2.19. The Morgan fingerprint density at radius 3 is 2.63 bits per heavy atom. The first-order chi connectivity index (χ1) is 13.1. The third kappa shape index (κ3) is 5.64. The fraction of sp³-hybridized carbons (Fsp3) is 0.409. The molecule has 0 atom stereocenters. The zero-order valence-electron chi connectivity index (χ0n) is 16.2. The molecule has 0 aromatic heterocycles. The van der Waals surface area contributed by atoms with Gasteiger partial charge in [0.2, 0.25) is 0 Å². The van der Waals surface area contributed by atoms with Crippen LogP contribution < -0.4 is 15.0 Å². The predicted molar refractivity (Wildman–Crippen MR) is 109 cm³/mol. The van der Waals surface area contributed by atoms with E-state index in [2.05, 4.69) is 34.5 Å². The highest BCUT2D eigenvalue weighted by Crippen LogP contribution is 2.17. The maximum atomic E-state index is 12.6. The van der Waals surface area contributed by atoms with Crippen LogP contribution >= 0.6 is 0 Å². The number of urea groups is 1. The first kappa shape index (κ1) is 19.1. The van der Waals surface area contributed by atoms with Crippen LogP contribution in [0.2, 0.25) is 0 Å². The minimum Gasteiger partial charge on any atom is -0.491 e. The summed E-state index contributed by atoms with van der Waals surface area (Å²) in [6.07, 6.45) is 1.11. The Hall–Kier alpha value is -2.69. The SMILES string of the molecule is CC(C)Oc1cccc(CNC(=O)N2CCCN(c3ccccc3)CC2)c1. The second-order valence-electron chi connectivity index (χ2n) is 7.14. The minimum absolute atomic E-state index is 0.0000858. The number of para-hydroxylation sites is 1. The van der Waals surface area contributed by atoms with Crippen molar-refractivity contribution in [2.75, 3.05) is 31.1 Å². The Kier molecular flexibility index (Phi) is 6.58. The number of hydrogen-bond donors (Lipinski definition) is 1. The molecular weight excluding hydrogens is 338 g/mol.